The molecule has 0 radical (unpaired) electrons. The lowest BCUT2D eigenvalue weighted by molar-refractivity contribution is 0.184. The zero-order valence-electron chi connectivity index (χ0n) is 9.31. The summed E-state index contributed by atoms with van der Waals surface area (Å²) in [6, 6.07) is 4.94. The summed E-state index contributed by atoms with van der Waals surface area (Å²) < 4.78 is 11.1. The third kappa shape index (κ3) is 2.76. The average Bonchev–Trinajstić information content (AvgIpc) is 2.31. The molecule has 0 aromatic heterocycles. The molecule has 1 fully saturated rings. The standard InChI is InChI=1S/C12H16O3S/c1-14-11-3-2-9(13)8-12(11)15-10-4-6-16-7-5-10/h2-3,8,10,13H,4-7H2,1H3. The molecule has 0 amide bonds. The number of rotatable bonds is 3. The molecule has 0 saturated carbocycles. The first-order chi connectivity index (χ1) is 7.79. The number of benzene rings is 1. The monoisotopic (exact) mass is 240 g/mol. The molecule has 2 rings (SSSR count). The third-order valence-corrected chi connectivity index (χ3v) is 3.66. The number of thioether (sulfide) groups is 1. The van der Waals surface area contributed by atoms with E-state index in [1.165, 1.54) is 0 Å². The van der Waals surface area contributed by atoms with Crippen molar-refractivity contribution in [1.82, 2.24) is 0 Å². The number of hydrogen-bond acceptors (Lipinski definition) is 4. The SMILES string of the molecule is COc1ccc(O)cc1OC1CCSCC1. The van der Waals surface area contributed by atoms with Crippen molar-refractivity contribution < 1.29 is 14.6 Å². The van der Waals surface area contributed by atoms with Crippen LogP contribution < -0.4 is 9.47 Å². The molecule has 1 aliphatic heterocycles. The molecule has 1 saturated heterocycles. The highest BCUT2D eigenvalue weighted by molar-refractivity contribution is 7.99. The number of phenolic OH excluding ortho intramolecular Hbond substituents is 1. The highest BCUT2D eigenvalue weighted by atomic mass is 32.2. The molecule has 88 valence electrons. The second kappa shape index (κ2) is 5.34. The molecule has 0 bridgehead atoms. The lowest BCUT2D eigenvalue weighted by Crippen LogP contribution is -2.22. The van der Waals surface area contributed by atoms with Gasteiger partial charge in [0.1, 0.15) is 11.9 Å². The maximum Gasteiger partial charge on any atom is 0.165 e. The van der Waals surface area contributed by atoms with E-state index in [1.54, 1.807) is 25.3 Å². The zero-order valence-corrected chi connectivity index (χ0v) is 10.1. The van der Waals surface area contributed by atoms with Crippen LogP contribution in [0.1, 0.15) is 12.8 Å². The molecule has 0 spiro atoms. The second-order valence-corrected chi connectivity index (χ2v) is 4.99. The van der Waals surface area contributed by atoms with E-state index in [2.05, 4.69) is 0 Å². The van der Waals surface area contributed by atoms with Crippen LogP contribution >= 0.6 is 11.8 Å². The fourth-order valence-corrected chi connectivity index (χ4v) is 2.79. The molecule has 1 heterocycles. The van der Waals surface area contributed by atoms with Crippen molar-refractivity contribution in [3.8, 4) is 17.2 Å². The average molecular weight is 240 g/mol. The summed E-state index contributed by atoms with van der Waals surface area (Å²) in [4.78, 5) is 0. The van der Waals surface area contributed by atoms with Gasteiger partial charge in [0.2, 0.25) is 0 Å². The first-order valence-electron chi connectivity index (χ1n) is 5.41. The molecule has 0 aliphatic carbocycles. The van der Waals surface area contributed by atoms with E-state index in [4.69, 9.17) is 9.47 Å². The molecule has 0 unspecified atom stereocenters. The number of aromatic hydroxyl groups is 1. The molecule has 1 N–H and O–H groups in total. The Kier molecular flexibility index (Phi) is 3.83. The summed E-state index contributed by atoms with van der Waals surface area (Å²) in [6.45, 7) is 0. The van der Waals surface area contributed by atoms with Crippen molar-refractivity contribution in [2.45, 2.75) is 18.9 Å². The van der Waals surface area contributed by atoms with Gasteiger partial charge in [0.05, 0.1) is 7.11 Å². The van der Waals surface area contributed by atoms with Gasteiger partial charge in [0.15, 0.2) is 11.5 Å². The van der Waals surface area contributed by atoms with Crippen molar-refractivity contribution in [1.29, 1.82) is 0 Å². The van der Waals surface area contributed by atoms with Crippen LogP contribution in [0.25, 0.3) is 0 Å². The maximum absolute atomic E-state index is 9.42. The van der Waals surface area contributed by atoms with Crippen LogP contribution in [-0.4, -0.2) is 29.8 Å². The van der Waals surface area contributed by atoms with E-state index in [9.17, 15) is 5.11 Å². The van der Waals surface area contributed by atoms with Crippen LogP contribution in [0.15, 0.2) is 18.2 Å². The maximum atomic E-state index is 9.42. The van der Waals surface area contributed by atoms with Gasteiger partial charge in [0.25, 0.3) is 0 Å². The summed E-state index contributed by atoms with van der Waals surface area (Å²) in [6.07, 6.45) is 2.37. The molecule has 1 aromatic rings. The minimum atomic E-state index is 0.209. The minimum absolute atomic E-state index is 0.209. The Bertz CT molecular complexity index is 348. The molecule has 0 atom stereocenters. The molecule has 16 heavy (non-hydrogen) atoms. The molecule has 4 heteroatoms. The molecular formula is C12H16O3S. The van der Waals surface area contributed by atoms with Crippen molar-refractivity contribution in [3.63, 3.8) is 0 Å². The Morgan fingerprint density at radius 2 is 2.00 bits per heavy atom. The summed E-state index contributed by atoms with van der Waals surface area (Å²) in [5, 5.41) is 9.42. The van der Waals surface area contributed by atoms with E-state index >= 15 is 0 Å². The van der Waals surface area contributed by atoms with Gasteiger partial charge in [-0.2, -0.15) is 11.8 Å². The lowest BCUT2D eigenvalue weighted by Gasteiger charge is -2.23. The van der Waals surface area contributed by atoms with E-state index in [-0.39, 0.29) is 11.9 Å². The van der Waals surface area contributed by atoms with Crippen LogP contribution in [0.3, 0.4) is 0 Å². The Balaban J connectivity index is 2.09. The van der Waals surface area contributed by atoms with Crippen LogP contribution in [0, 0.1) is 0 Å². The van der Waals surface area contributed by atoms with Gasteiger partial charge in [0, 0.05) is 6.07 Å². The van der Waals surface area contributed by atoms with E-state index < -0.39 is 0 Å². The van der Waals surface area contributed by atoms with Gasteiger partial charge in [-0.05, 0) is 36.5 Å². The van der Waals surface area contributed by atoms with Crippen molar-refractivity contribution in [2.75, 3.05) is 18.6 Å². The molecule has 1 aromatic carbocycles. The second-order valence-electron chi connectivity index (χ2n) is 3.76. The first-order valence-corrected chi connectivity index (χ1v) is 6.56. The highest BCUT2D eigenvalue weighted by Gasteiger charge is 2.17. The fourth-order valence-electron chi connectivity index (χ4n) is 1.73. The van der Waals surface area contributed by atoms with E-state index in [1.807, 2.05) is 11.8 Å². The Labute approximate surface area is 99.8 Å². The normalized spacial score (nSPS) is 17.1. The Morgan fingerprint density at radius 3 is 2.69 bits per heavy atom. The highest BCUT2D eigenvalue weighted by Crippen LogP contribution is 2.33. The number of hydrogen-bond donors (Lipinski definition) is 1. The topological polar surface area (TPSA) is 38.7 Å². The van der Waals surface area contributed by atoms with Crippen molar-refractivity contribution in [2.24, 2.45) is 0 Å². The lowest BCUT2D eigenvalue weighted by atomic mass is 10.2. The largest absolute Gasteiger partial charge is 0.508 e. The number of ether oxygens (including phenoxy) is 2. The van der Waals surface area contributed by atoms with Gasteiger partial charge in [-0.15, -0.1) is 0 Å². The quantitative estimate of drug-likeness (QED) is 0.881. The van der Waals surface area contributed by atoms with Gasteiger partial charge in [-0.25, -0.2) is 0 Å². The van der Waals surface area contributed by atoms with Gasteiger partial charge < -0.3 is 14.6 Å². The third-order valence-electron chi connectivity index (χ3n) is 2.61. The predicted molar refractivity (Wildman–Crippen MR) is 65.6 cm³/mol. The van der Waals surface area contributed by atoms with Crippen molar-refractivity contribution in [3.05, 3.63) is 18.2 Å². The number of methoxy groups -OCH3 is 1. The van der Waals surface area contributed by atoms with Crippen LogP contribution in [0.5, 0.6) is 17.2 Å². The van der Waals surface area contributed by atoms with Gasteiger partial charge in [-0.3, -0.25) is 0 Å². The molecule has 1 aliphatic rings. The first kappa shape index (κ1) is 11.5. The smallest absolute Gasteiger partial charge is 0.165 e. The molecular weight excluding hydrogens is 224 g/mol. The Morgan fingerprint density at radius 1 is 1.25 bits per heavy atom. The van der Waals surface area contributed by atoms with Crippen LogP contribution in [0.2, 0.25) is 0 Å². The summed E-state index contributed by atoms with van der Waals surface area (Å²) in [5.74, 6) is 3.81. The van der Waals surface area contributed by atoms with E-state index in [0.717, 1.165) is 24.3 Å². The van der Waals surface area contributed by atoms with Gasteiger partial charge >= 0.3 is 0 Å². The minimum Gasteiger partial charge on any atom is -0.508 e. The van der Waals surface area contributed by atoms with Gasteiger partial charge in [-0.1, -0.05) is 0 Å². The summed E-state index contributed by atoms with van der Waals surface area (Å²) in [5.41, 5.74) is 0. The Hall–Kier alpha value is -1.03. The van der Waals surface area contributed by atoms with Crippen molar-refractivity contribution >= 4 is 11.8 Å². The summed E-state index contributed by atoms with van der Waals surface area (Å²) >= 11 is 1.96. The molecule has 3 nitrogen and oxygen atoms in total. The van der Waals surface area contributed by atoms with Crippen LogP contribution in [0.4, 0.5) is 0 Å². The van der Waals surface area contributed by atoms with Crippen LogP contribution in [-0.2, 0) is 0 Å². The summed E-state index contributed by atoms with van der Waals surface area (Å²) in [7, 11) is 1.61. The predicted octanol–water partition coefficient (Wildman–Crippen LogP) is 2.68. The zero-order chi connectivity index (χ0) is 11.4. The van der Waals surface area contributed by atoms with E-state index in [0.29, 0.717) is 11.5 Å². The fraction of sp³-hybridized carbons (Fsp3) is 0.500. The number of phenols is 1.